The molecule has 6 heteroatoms. The van der Waals surface area contributed by atoms with Crippen molar-refractivity contribution in [1.82, 2.24) is 10.6 Å². The summed E-state index contributed by atoms with van der Waals surface area (Å²) in [5.74, 6) is 1.15. The number of aryl methyl sites for hydroxylation is 1. The third kappa shape index (κ3) is 6.33. The summed E-state index contributed by atoms with van der Waals surface area (Å²) in [4.78, 5) is 23.6. The quantitative estimate of drug-likeness (QED) is 0.732. The van der Waals surface area contributed by atoms with Crippen molar-refractivity contribution < 1.29 is 18.7 Å². The third-order valence-electron chi connectivity index (χ3n) is 3.64. The first-order valence-electron chi connectivity index (χ1n) is 8.41. The first-order valence-corrected chi connectivity index (χ1v) is 8.41. The summed E-state index contributed by atoms with van der Waals surface area (Å²) < 4.78 is 10.6. The van der Waals surface area contributed by atoms with Gasteiger partial charge in [0, 0.05) is 24.6 Å². The monoisotopic (exact) mass is 344 g/mol. The maximum absolute atomic E-state index is 12.2. The second-order valence-electron chi connectivity index (χ2n) is 5.76. The second-order valence-corrected chi connectivity index (χ2v) is 5.76. The van der Waals surface area contributed by atoms with E-state index < -0.39 is 0 Å². The Morgan fingerprint density at radius 2 is 1.96 bits per heavy atom. The normalized spacial score (nSPS) is 11.6. The Hall–Kier alpha value is -2.76. The molecule has 0 aliphatic heterocycles. The Kier molecular flexibility index (Phi) is 7.07. The zero-order valence-electron chi connectivity index (χ0n) is 14.6. The van der Waals surface area contributed by atoms with Crippen LogP contribution in [0, 0.1) is 0 Å². The summed E-state index contributed by atoms with van der Waals surface area (Å²) >= 11 is 0. The SMILES string of the molecule is CCNC(=O)COc1ccc(C(=O)N[C@H](C)CCc2ccco2)cc1. The highest BCUT2D eigenvalue weighted by atomic mass is 16.5. The summed E-state index contributed by atoms with van der Waals surface area (Å²) in [7, 11) is 0. The van der Waals surface area contributed by atoms with Gasteiger partial charge in [0.2, 0.25) is 0 Å². The summed E-state index contributed by atoms with van der Waals surface area (Å²) in [5.41, 5.74) is 0.551. The van der Waals surface area contributed by atoms with Crippen LogP contribution in [0.15, 0.2) is 47.1 Å². The molecule has 134 valence electrons. The molecule has 1 aromatic carbocycles. The number of likely N-dealkylation sites (N-methyl/N-ethyl adjacent to an activating group) is 1. The molecular weight excluding hydrogens is 320 g/mol. The number of benzene rings is 1. The molecule has 1 atom stereocenters. The van der Waals surface area contributed by atoms with E-state index in [-0.39, 0.29) is 24.5 Å². The third-order valence-corrected chi connectivity index (χ3v) is 3.64. The number of hydrogen-bond acceptors (Lipinski definition) is 4. The number of ether oxygens (including phenoxy) is 1. The van der Waals surface area contributed by atoms with Crippen LogP contribution in [0.2, 0.25) is 0 Å². The Balaban J connectivity index is 1.78. The van der Waals surface area contributed by atoms with E-state index in [2.05, 4.69) is 10.6 Å². The van der Waals surface area contributed by atoms with Crippen LogP contribution in [0.1, 0.15) is 36.4 Å². The van der Waals surface area contributed by atoms with E-state index >= 15 is 0 Å². The molecule has 2 aromatic rings. The molecule has 0 saturated heterocycles. The van der Waals surface area contributed by atoms with E-state index in [0.29, 0.717) is 17.9 Å². The van der Waals surface area contributed by atoms with Crippen molar-refractivity contribution in [1.29, 1.82) is 0 Å². The highest BCUT2D eigenvalue weighted by molar-refractivity contribution is 5.94. The molecule has 0 aliphatic rings. The fourth-order valence-corrected chi connectivity index (χ4v) is 2.29. The standard InChI is InChI=1S/C19H24N2O4/c1-3-20-18(22)13-25-17-10-7-15(8-11-17)19(23)21-14(2)6-9-16-5-4-12-24-16/h4-5,7-8,10-12,14H,3,6,9,13H2,1-2H3,(H,20,22)(H,21,23)/t14-/m1/s1. The molecule has 0 saturated carbocycles. The first kappa shape index (κ1) is 18.6. The van der Waals surface area contributed by atoms with Crippen molar-refractivity contribution in [2.24, 2.45) is 0 Å². The lowest BCUT2D eigenvalue weighted by Gasteiger charge is -2.13. The van der Waals surface area contributed by atoms with E-state index in [0.717, 1.165) is 18.6 Å². The van der Waals surface area contributed by atoms with E-state index in [1.807, 2.05) is 26.0 Å². The van der Waals surface area contributed by atoms with E-state index in [4.69, 9.17) is 9.15 Å². The molecule has 1 heterocycles. The minimum Gasteiger partial charge on any atom is -0.484 e. The molecule has 6 nitrogen and oxygen atoms in total. The van der Waals surface area contributed by atoms with Crippen LogP contribution in [0.3, 0.4) is 0 Å². The molecule has 0 unspecified atom stereocenters. The first-order chi connectivity index (χ1) is 12.1. The molecule has 0 aliphatic carbocycles. The van der Waals surface area contributed by atoms with Gasteiger partial charge in [0.25, 0.3) is 11.8 Å². The van der Waals surface area contributed by atoms with Crippen LogP contribution in [0.5, 0.6) is 5.75 Å². The van der Waals surface area contributed by atoms with Crippen LogP contribution in [-0.4, -0.2) is 31.0 Å². The molecule has 0 spiro atoms. The summed E-state index contributed by atoms with van der Waals surface area (Å²) in [6.45, 7) is 4.34. The molecule has 0 bridgehead atoms. The molecule has 1 aromatic heterocycles. The maximum Gasteiger partial charge on any atom is 0.257 e. The fourth-order valence-electron chi connectivity index (χ4n) is 2.29. The number of hydrogen-bond donors (Lipinski definition) is 2. The topological polar surface area (TPSA) is 80.6 Å². The largest absolute Gasteiger partial charge is 0.484 e. The molecule has 0 radical (unpaired) electrons. The molecule has 2 N–H and O–H groups in total. The number of carbonyl (C=O) groups excluding carboxylic acids is 2. The zero-order chi connectivity index (χ0) is 18.1. The highest BCUT2D eigenvalue weighted by Gasteiger charge is 2.11. The highest BCUT2D eigenvalue weighted by Crippen LogP contribution is 2.13. The molecule has 2 rings (SSSR count). The number of furan rings is 1. The Bertz CT molecular complexity index is 665. The van der Waals surface area contributed by atoms with Gasteiger partial charge in [-0.15, -0.1) is 0 Å². The van der Waals surface area contributed by atoms with Crippen molar-refractivity contribution in [2.45, 2.75) is 32.7 Å². The van der Waals surface area contributed by atoms with Crippen LogP contribution in [0.25, 0.3) is 0 Å². The predicted octanol–water partition coefficient (Wildman–Crippen LogP) is 2.55. The lowest BCUT2D eigenvalue weighted by molar-refractivity contribution is -0.122. The second kappa shape index (κ2) is 9.52. The summed E-state index contributed by atoms with van der Waals surface area (Å²) in [5, 5.41) is 5.61. The van der Waals surface area contributed by atoms with Gasteiger partial charge >= 0.3 is 0 Å². The molecule has 2 amide bonds. The molecule has 0 fully saturated rings. The fraction of sp³-hybridized carbons (Fsp3) is 0.368. The van der Waals surface area contributed by atoms with Crippen molar-refractivity contribution in [3.8, 4) is 5.75 Å². The number of nitrogens with one attached hydrogen (secondary N) is 2. The minimum atomic E-state index is -0.172. The lowest BCUT2D eigenvalue weighted by Crippen LogP contribution is -2.32. The van der Waals surface area contributed by atoms with E-state index in [9.17, 15) is 9.59 Å². The van der Waals surface area contributed by atoms with Crippen molar-refractivity contribution in [2.75, 3.05) is 13.2 Å². The predicted molar refractivity (Wildman–Crippen MR) is 94.6 cm³/mol. The number of carbonyl (C=O) groups is 2. The van der Waals surface area contributed by atoms with Gasteiger partial charge in [0.1, 0.15) is 11.5 Å². The Labute approximate surface area is 147 Å². The summed E-state index contributed by atoms with van der Waals surface area (Å²) in [6, 6.07) is 10.5. The zero-order valence-corrected chi connectivity index (χ0v) is 14.6. The van der Waals surface area contributed by atoms with Crippen LogP contribution >= 0.6 is 0 Å². The Morgan fingerprint density at radius 3 is 2.60 bits per heavy atom. The van der Waals surface area contributed by atoms with Crippen molar-refractivity contribution in [3.05, 3.63) is 54.0 Å². The van der Waals surface area contributed by atoms with E-state index in [1.165, 1.54) is 0 Å². The van der Waals surface area contributed by atoms with Crippen molar-refractivity contribution in [3.63, 3.8) is 0 Å². The van der Waals surface area contributed by atoms with Gasteiger partial charge in [0.15, 0.2) is 6.61 Å². The van der Waals surface area contributed by atoms with Gasteiger partial charge in [-0.3, -0.25) is 9.59 Å². The van der Waals surface area contributed by atoms with Crippen LogP contribution < -0.4 is 15.4 Å². The maximum atomic E-state index is 12.2. The minimum absolute atomic E-state index is 0.0336. The average Bonchev–Trinajstić information content (AvgIpc) is 3.12. The van der Waals surface area contributed by atoms with Gasteiger partial charge in [-0.05, 0) is 56.7 Å². The van der Waals surface area contributed by atoms with Gasteiger partial charge in [0.05, 0.1) is 6.26 Å². The van der Waals surface area contributed by atoms with Crippen LogP contribution in [0.4, 0.5) is 0 Å². The summed E-state index contributed by atoms with van der Waals surface area (Å²) in [6.07, 6.45) is 3.22. The van der Waals surface area contributed by atoms with Gasteiger partial charge in [-0.2, -0.15) is 0 Å². The number of amides is 2. The lowest BCUT2D eigenvalue weighted by atomic mass is 10.1. The molecular formula is C19H24N2O4. The van der Waals surface area contributed by atoms with Gasteiger partial charge in [-0.1, -0.05) is 0 Å². The average molecular weight is 344 g/mol. The van der Waals surface area contributed by atoms with Crippen LogP contribution in [-0.2, 0) is 11.2 Å². The van der Waals surface area contributed by atoms with E-state index in [1.54, 1.807) is 30.5 Å². The smallest absolute Gasteiger partial charge is 0.257 e. The molecule has 25 heavy (non-hydrogen) atoms. The van der Waals surface area contributed by atoms with Crippen molar-refractivity contribution >= 4 is 11.8 Å². The Morgan fingerprint density at radius 1 is 1.20 bits per heavy atom. The number of rotatable bonds is 9. The van der Waals surface area contributed by atoms with Gasteiger partial charge in [-0.25, -0.2) is 0 Å². The van der Waals surface area contributed by atoms with Gasteiger partial charge < -0.3 is 19.8 Å².